The van der Waals surface area contributed by atoms with Gasteiger partial charge in [0.25, 0.3) is 0 Å². The highest BCUT2D eigenvalue weighted by Gasteiger charge is 2.14. The molecular formula is C12H11BrFNO. The minimum Gasteiger partial charge on any atom is -0.469 e. The van der Waals surface area contributed by atoms with Crippen molar-refractivity contribution < 1.29 is 8.81 Å². The Kier molecular flexibility index (Phi) is 3.12. The van der Waals surface area contributed by atoms with Gasteiger partial charge in [0.2, 0.25) is 0 Å². The van der Waals surface area contributed by atoms with E-state index in [9.17, 15) is 4.39 Å². The van der Waals surface area contributed by atoms with E-state index >= 15 is 0 Å². The molecule has 0 radical (unpaired) electrons. The zero-order valence-electron chi connectivity index (χ0n) is 8.71. The molecule has 0 amide bonds. The SMILES string of the molecule is Cc1occc1C(N)c1ccc(F)c(Br)c1. The molecule has 2 rings (SSSR count). The van der Waals surface area contributed by atoms with Crippen LogP contribution in [-0.4, -0.2) is 0 Å². The van der Waals surface area contributed by atoms with Crippen LogP contribution in [0.4, 0.5) is 4.39 Å². The van der Waals surface area contributed by atoms with Gasteiger partial charge in [0.1, 0.15) is 11.6 Å². The van der Waals surface area contributed by atoms with Gasteiger partial charge in [-0.05, 0) is 46.6 Å². The van der Waals surface area contributed by atoms with E-state index in [4.69, 9.17) is 10.2 Å². The number of hydrogen-bond donors (Lipinski definition) is 1. The topological polar surface area (TPSA) is 39.2 Å². The van der Waals surface area contributed by atoms with Crippen molar-refractivity contribution >= 4 is 15.9 Å². The Morgan fingerprint density at radius 1 is 1.38 bits per heavy atom. The quantitative estimate of drug-likeness (QED) is 0.916. The van der Waals surface area contributed by atoms with Crippen LogP contribution < -0.4 is 5.73 Å². The van der Waals surface area contributed by atoms with Crippen molar-refractivity contribution in [3.05, 3.63) is 57.7 Å². The van der Waals surface area contributed by atoms with Gasteiger partial charge in [0.05, 0.1) is 16.8 Å². The van der Waals surface area contributed by atoms with Gasteiger partial charge in [0, 0.05) is 5.56 Å². The molecule has 0 saturated heterocycles. The molecule has 0 fully saturated rings. The lowest BCUT2D eigenvalue weighted by atomic mass is 10.0. The largest absolute Gasteiger partial charge is 0.469 e. The van der Waals surface area contributed by atoms with Crippen molar-refractivity contribution in [1.82, 2.24) is 0 Å². The van der Waals surface area contributed by atoms with Crippen molar-refractivity contribution in [2.75, 3.05) is 0 Å². The number of nitrogens with two attached hydrogens (primary N) is 1. The van der Waals surface area contributed by atoms with Crippen molar-refractivity contribution in [3.8, 4) is 0 Å². The van der Waals surface area contributed by atoms with Crippen LogP contribution in [0.3, 0.4) is 0 Å². The number of benzene rings is 1. The van der Waals surface area contributed by atoms with Gasteiger partial charge in [-0.1, -0.05) is 6.07 Å². The highest BCUT2D eigenvalue weighted by atomic mass is 79.9. The van der Waals surface area contributed by atoms with Crippen LogP contribution in [0, 0.1) is 12.7 Å². The smallest absolute Gasteiger partial charge is 0.137 e. The average molecular weight is 284 g/mol. The van der Waals surface area contributed by atoms with E-state index in [1.807, 2.05) is 13.0 Å². The van der Waals surface area contributed by atoms with E-state index < -0.39 is 0 Å². The fourth-order valence-electron chi connectivity index (χ4n) is 1.60. The van der Waals surface area contributed by atoms with Gasteiger partial charge >= 0.3 is 0 Å². The Hall–Kier alpha value is -1.13. The molecule has 16 heavy (non-hydrogen) atoms. The van der Waals surface area contributed by atoms with E-state index in [-0.39, 0.29) is 11.9 Å². The molecule has 1 heterocycles. The van der Waals surface area contributed by atoms with E-state index in [0.29, 0.717) is 4.47 Å². The van der Waals surface area contributed by atoms with E-state index in [2.05, 4.69) is 15.9 Å². The molecule has 84 valence electrons. The summed E-state index contributed by atoms with van der Waals surface area (Å²) >= 11 is 3.14. The summed E-state index contributed by atoms with van der Waals surface area (Å²) in [6.45, 7) is 1.85. The zero-order valence-corrected chi connectivity index (χ0v) is 10.3. The third-order valence-corrected chi connectivity index (χ3v) is 3.14. The molecule has 0 aliphatic rings. The number of hydrogen-bond acceptors (Lipinski definition) is 2. The van der Waals surface area contributed by atoms with Gasteiger partial charge in [-0.25, -0.2) is 4.39 Å². The summed E-state index contributed by atoms with van der Waals surface area (Å²) < 4.78 is 18.7. The highest BCUT2D eigenvalue weighted by Crippen LogP contribution is 2.26. The van der Waals surface area contributed by atoms with Gasteiger partial charge in [-0.3, -0.25) is 0 Å². The first-order valence-electron chi connectivity index (χ1n) is 4.84. The molecular weight excluding hydrogens is 273 g/mol. The minimum absolute atomic E-state index is 0.292. The van der Waals surface area contributed by atoms with E-state index in [1.165, 1.54) is 6.07 Å². The summed E-state index contributed by atoms with van der Waals surface area (Å²) in [4.78, 5) is 0. The fraction of sp³-hybridized carbons (Fsp3) is 0.167. The molecule has 2 nitrogen and oxygen atoms in total. The van der Waals surface area contributed by atoms with Crippen molar-refractivity contribution in [1.29, 1.82) is 0 Å². The molecule has 0 aliphatic heterocycles. The molecule has 0 bridgehead atoms. The van der Waals surface area contributed by atoms with E-state index in [1.54, 1.807) is 18.4 Å². The highest BCUT2D eigenvalue weighted by molar-refractivity contribution is 9.10. The number of aryl methyl sites for hydroxylation is 1. The molecule has 0 spiro atoms. The predicted octanol–water partition coefficient (Wildman–Crippen LogP) is 3.54. The molecule has 2 aromatic rings. The molecule has 0 aliphatic carbocycles. The Morgan fingerprint density at radius 2 is 2.12 bits per heavy atom. The Bertz CT molecular complexity index is 509. The molecule has 0 saturated carbocycles. The summed E-state index contributed by atoms with van der Waals surface area (Å²) in [6.07, 6.45) is 1.60. The second-order valence-electron chi connectivity index (χ2n) is 3.58. The number of halogens is 2. The van der Waals surface area contributed by atoms with Crippen molar-refractivity contribution in [2.45, 2.75) is 13.0 Å². The van der Waals surface area contributed by atoms with Crippen LogP contribution in [0.1, 0.15) is 22.9 Å². The zero-order chi connectivity index (χ0) is 11.7. The van der Waals surface area contributed by atoms with Crippen LogP contribution in [0.15, 0.2) is 39.4 Å². The normalized spacial score (nSPS) is 12.8. The van der Waals surface area contributed by atoms with E-state index in [0.717, 1.165) is 16.9 Å². The molecule has 1 atom stereocenters. The van der Waals surface area contributed by atoms with Gasteiger partial charge < -0.3 is 10.2 Å². The fourth-order valence-corrected chi connectivity index (χ4v) is 2.00. The summed E-state index contributed by atoms with van der Waals surface area (Å²) in [7, 11) is 0. The van der Waals surface area contributed by atoms with Crippen LogP contribution in [0.25, 0.3) is 0 Å². The maximum atomic E-state index is 13.1. The van der Waals surface area contributed by atoms with Crippen molar-refractivity contribution in [2.24, 2.45) is 5.73 Å². The number of rotatable bonds is 2. The Labute approximate surface area is 101 Å². The summed E-state index contributed by atoms with van der Waals surface area (Å²) in [5.41, 5.74) is 7.84. The molecule has 4 heteroatoms. The first kappa shape index (κ1) is 11.4. The van der Waals surface area contributed by atoms with Crippen LogP contribution >= 0.6 is 15.9 Å². The van der Waals surface area contributed by atoms with Gasteiger partial charge in [-0.2, -0.15) is 0 Å². The van der Waals surface area contributed by atoms with Gasteiger partial charge in [0.15, 0.2) is 0 Å². The van der Waals surface area contributed by atoms with Gasteiger partial charge in [-0.15, -0.1) is 0 Å². The Morgan fingerprint density at radius 3 is 2.69 bits per heavy atom. The monoisotopic (exact) mass is 283 g/mol. The predicted molar refractivity (Wildman–Crippen MR) is 63.6 cm³/mol. The molecule has 1 aromatic carbocycles. The average Bonchev–Trinajstić information content (AvgIpc) is 2.67. The van der Waals surface area contributed by atoms with Crippen molar-refractivity contribution in [3.63, 3.8) is 0 Å². The third-order valence-electron chi connectivity index (χ3n) is 2.54. The summed E-state index contributed by atoms with van der Waals surface area (Å²) in [6, 6.07) is 6.30. The standard InChI is InChI=1S/C12H11BrFNO/c1-7-9(4-5-16-7)12(15)8-2-3-11(14)10(13)6-8/h2-6,12H,15H2,1H3. The van der Waals surface area contributed by atoms with Crippen LogP contribution in [0.5, 0.6) is 0 Å². The summed E-state index contributed by atoms with van der Waals surface area (Å²) in [5.74, 6) is 0.493. The lowest BCUT2D eigenvalue weighted by molar-refractivity contribution is 0.527. The molecule has 1 aromatic heterocycles. The molecule has 2 N–H and O–H groups in total. The van der Waals surface area contributed by atoms with Crippen LogP contribution in [-0.2, 0) is 0 Å². The summed E-state index contributed by atoms with van der Waals surface area (Å²) in [5, 5.41) is 0. The maximum absolute atomic E-state index is 13.1. The first-order chi connectivity index (χ1) is 7.59. The first-order valence-corrected chi connectivity index (χ1v) is 5.63. The lowest BCUT2D eigenvalue weighted by Crippen LogP contribution is -2.12. The third kappa shape index (κ3) is 2.03. The Balaban J connectivity index is 2.38. The molecule has 1 unspecified atom stereocenters. The second-order valence-corrected chi connectivity index (χ2v) is 4.44. The maximum Gasteiger partial charge on any atom is 0.137 e. The number of furan rings is 1. The lowest BCUT2D eigenvalue weighted by Gasteiger charge is -2.11. The van der Waals surface area contributed by atoms with Crippen LogP contribution in [0.2, 0.25) is 0 Å². The minimum atomic E-state index is -0.296. The second kappa shape index (κ2) is 4.39.